The lowest BCUT2D eigenvalue weighted by atomic mass is 10.0. The Labute approximate surface area is 127 Å². The second kappa shape index (κ2) is 5.22. The van der Waals surface area contributed by atoms with Crippen molar-refractivity contribution in [3.8, 4) is 11.1 Å². The summed E-state index contributed by atoms with van der Waals surface area (Å²) in [7, 11) is 0. The maximum absolute atomic E-state index is 12.8. The Morgan fingerprint density at radius 2 is 1.71 bits per heavy atom. The van der Waals surface area contributed by atoms with Crippen LogP contribution in [0.4, 0.5) is 13.2 Å². The largest absolute Gasteiger partial charge is 0.460 e. The highest BCUT2D eigenvalue weighted by Gasteiger charge is 2.32. The average molecular weight is 355 g/mol. The molecule has 0 spiro atoms. The fourth-order valence-corrected chi connectivity index (χ4v) is 2.71. The molecule has 0 atom stereocenters. The van der Waals surface area contributed by atoms with Crippen LogP contribution in [0.1, 0.15) is 5.76 Å². The van der Waals surface area contributed by atoms with E-state index in [9.17, 15) is 13.2 Å². The number of alkyl halides is 3. The molecule has 21 heavy (non-hydrogen) atoms. The summed E-state index contributed by atoms with van der Waals surface area (Å²) in [5.41, 5.74) is 1.68. The van der Waals surface area contributed by atoms with E-state index in [1.165, 1.54) is 0 Å². The van der Waals surface area contributed by atoms with Gasteiger partial charge in [-0.05, 0) is 23.8 Å². The van der Waals surface area contributed by atoms with Gasteiger partial charge in [-0.2, -0.15) is 13.2 Å². The zero-order valence-electron chi connectivity index (χ0n) is 10.7. The van der Waals surface area contributed by atoms with Crippen LogP contribution in [0.15, 0.2) is 57.4 Å². The van der Waals surface area contributed by atoms with Crippen molar-refractivity contribution in [2.24, 2.45) is 0 Å². The summed E-state index contributed by atoms with van der Waals surface area (Å²) < 4.78 is 44.6. The SMILES string of the molecule is FC(F)(F)Cc1oc2ccc(Br)cc2c1-c1ccccc1. The maximum Gasteiger partial charge on any atom is 0.396 e. The summed E-state index contributed by atoms with van der Waals surface area (Å²) in [5.74, 6) is -0.0539. The number of hydrogen-bond acceptors (Lipinski definition) is 1. The van der Waals surface area contributed by atoms with Gasteiger partial charge in [-0.25, -0.2) is 0 Å². The number of hydrogen-bond donors (Lipinski definition) is 0. The maximum atomic E-state index is 12.8. The Morgan fingerprint density at radius 3 is 2.38 bits per heavy atom. The Hall–Kier alpha value is -1.75. The lowest BCUT2D eigenvalue weighted by molar-refractivity contribution is -0.129. The van der Waals surface area contributed by atoms with Gasteiger partial charge in [-0.1, -0.05) is 46.3 Å². The van der Waals surface area contributed by atoms with Crippen LogP contribution in [0.2, 0.25) is 0 Å². The van der Waals surface area contributed by atoms with Crippen molar-refractivity contribution in [1.82, 2.24) is 0 Å². The molecule has 0 aliphatic heterocycles. The summed E-state index contributed by atoms with van der Waals surface area (Å²) in [5, 5.41) is 0.676. The molecule has 3 aromatic rings. The average Bonchev–Trinajstić information content (AvgIpc) is 2.74. The van der Waals surface area contributed by atoms with E-state index in [0.717, 1.165) is 4.47 Å². The number of furan rings is 1. The van der Waals surface area contributed by atoms with Gasteiger partial charge in [0.2, 0.25) is 0 Å². The molecule has 2 aromatic carbocycles. The van der Waals surface area contributed by atoms with Gasteiger partial charge in [0.25, 0.3) is 0 Å². The lowest BCUT2D eigenvalue weighted by Gasteiger charge is -2.06. The third-order valence-corrected chi connectivity index (χ3v) is 3.64. The molecule has 0 aliphatic carbocycles. The fourth-order valence-electron chi connectivity index (χ4n) is 2.35. The van der Waals surface area contributed by atoms with Gasteiger partial charge >= 0.3 is 6.18 Å². The molecular formula is C16H10BrF3O. The molecule has 1 aromatic heterocycles. The molecule has 108 valence electrons. The Bertz CT molecular complexity index is 775. The zero-order valence-corrected chi connectivity index (χ0v) is 12.3. The van der Waals surface area contributed by atoms with Crippen molar-refractivity contribution in [2.45, 2.75) is 12.6 Å². The van der Waals surface area contributed by atoms with Crippen molar-refractivity contribution in [3.05, 3.63) is 58.8 Å². The van der Waals surface area contributed by atoms with Gasteiger partial charge < -0.3 is 4.42 Å². The third kappa shape index (κ3) is 2.97. The number of rotatable bonds is 2. The minimum absolute atomic E-state index is 0.0539. The molecule has 0 saturated heterocycles. The topological polar surface area (TPSA) is 13.1 Å². The van der Waals surface area contributed by atoms with Crippen molar-refractivity contribution in [1.29, 1.82) is 0 Å². The normalized spacial score (nSPS) is 12.0. The van der Waals surface area contributed by atoms with Gasteiger partial charge in [-0.3, -0.25) is 0 Å². The fraction of sp³-hybridized carbons (Fsp3) is 0.125. The summed E-state index contributed by atoms with van der Waals surface area (Å²) in [4.78, 5) is 0. The molecule has 0 unspecified atom stereocenters. The van der Waals surface area contributed by atoms with Gasteiger partial charge in [0.05, 0.1) is 0 Å². The summed E-state index contributed by atoms with van der Waals surface area (Å²) >= 11 is 3.35. The van der Waals surface area contributed by atoms with E-state index in [2.05, 4.69) is 15.9 Å². The summed E-state index contributed by atoms with van der Waals surface area (Å²) in [6, 6.07) is 14.2. The van der Waals surface area contributed by atoms with E-state index < -0.39 is 12.6 Å². The van der Waals surface area contributed by atoms with Gasteiger partial charge in [0.15, 0.2) is 0 Å². The van der Waals surface area contributed by atoms with E-state index >= 15 is 0 Å². The molecule has 0 radical (unpaired) electrons. The van der Waals surface area contributed by atoms with Crippen LogP contribution in [0.3, 0.4) is 0 Å². The van der Waals surface area contributed by atoms with Crippen LogP contribution >= 0.6 is 15.9 Å². The summed E-state index contributed by atoms with van der Waals surface area (Å²) in [6.45, 7) is 0. The van der Waals surface area contributed by atoms with E-state index in [-0.39, 0.29) is 5.76 Å². The van der Waals surface area contributed by atoms with Crippen LogP contribution in [0, 0.1) is 0 Å². The molecule has 1 heterocycles. The molecular weight excluding hydrogens is 345 g/mol. The van der Waals surface area contributed by atoms with E-state index in [1.54, 1.807) is 42.5 Å². The second-order valence-electron chi connectivity index (χ2n) is 4.70. The van der Waals surface area contributed by atoms with Gasteiger partial charge in [0, 0.05) is 15.4 Å². The van der Waals surface area contributed by atoms with Crippen molar-refractivity contribution in [2.75, 3.05) is 0 Å². The molecule has 0 N–H and O–H groups in total. The summed E-state index contributed by atoms with van der Waals surface area (Å²) in [6.07, 6.45) is -5.39. The van der Waals surface area contributed by atoms with E-state index in [0.29, 0.717) is 22.1 Å². The lowest BCUT2D eigenvalue weighted by Crippen LogP contribution is -2.11. The highest BCUT2D eigenvalue weighted by molar-refractivity contribution is 9.10. The number of fused-ring (bicyclic) bond motifs is 1. The first kappa shape index (κ1) is 14.2. The monoisotopic (exact) mass is 354 g/mol. The van der Waals surface area contributed by atoms with Crippen LogP contribution in [-0.2, 0) is 6.42 Å². The minimum Gasteiger partial charge on any atom is -0.460 e. The van der Waals surface area contributed by atoms with E-state index in [4.69, 9.17) is 4.42 Å². The van der Waals surface area contributed by atoms with E-state index in [1.807, 2.05) is 6.07 Å². The van der Waals surface area contributed by atoms with Crippen LogP contribution in [0.5, 0.6) is 0 Å². The van der Waals surface area contributed by atoms with Crippen LogP contribution in [-0.4, -0.2) is 6.18 Å². The molecule has 1 nitrogen and oxygen atoms in total. The first-order chi connectivity index (χ1) is 9.94. The molecule has 5 heteroatoms. The van der Waals surface area contributed by atoms with Gasteiger partial charge in [0.1, 0.15) is 17.8 Å². The molecule has 0 amide bonds. The standard InChI is InChI=1S/C16H10BrF3O/c17-11-6-7-13-12(8-11)15(10-4-2-1-3-5-10)14(21-13)9-16(18,19)20/h1-8H,9H2. The highest BCUT2D eigenvalue weighted by atomic mass is 79.9. The Kier molecular flexibility index (Phi) is 3.53. The minimum atomic E-state index is -4.31. The molecule has 0 bridgehead atoms. The quantitative estimate of drug-likeness (QED) is 0.552. The predicted octanol–water partition coefficient (Wildman–Crippen LogP) is 5.97. The Balaban J connectivity index is 2.27. The molecule has 0 aliphatic rings. The first-order valence-electron chi connectivity index (χ1n) is 6.27. The number of benzene rings is 2. The molecule has 0 saturated carbocycles. The van der Waals surface area contributed by atoms with Crippen LogP contribution in [0.25, 0.3) is 22.1 Å². The Morgan fingerprint density at radius 1 is 1.00 bits per heavy atom. The smallest absolute Gasteiger partial charge is 0.396 e. The van der Waals surface area contributed by atoms with Gasteiger partial charge in [-0.15, -0.1) is 0 Å². The van der Waals surface area contributed by atoms with Crippen molar-refractivity contribution >= 4 is 26.9 Å². The number of halogens is 4. The molecule has 0 fully saturated rings. The predicted molar refractivity (Wildman–Crippen MR) is 79.1 cm³/mol. The van der Waals surface area contributed by atoms with Crippen molar-refractivity contribution < 1.29 is 17.6 Å². The molecule has 3 rings (SSSR count). The van der Waals surface area contributed by atoms with Crippen LogP contribution < -0.4 is 0 Å². The third-order valence-electron chi connectivity index (χ3n) is 3.15. The zero-order chi connectivity index (χ0) is 15.0. The second-order valence-corrected chi connectivity index (χ2v) is 5.61. The van der Waals surface area contributed by atoms with Crippen molar-refractivity contribution in [3.63, 3.8) is 0 Å². The first-order valence-corrected chi connectivity index (χ1v) is 7.06. The highest BCUT2D eigenvalue weighted by Crippen LogP contribution is 2.38.